The molecule has 1 rings (SSSR count). The average molecular weight is 113 g/mol. The molecule has 0 aliphatic carbocycles. The highest BCUT2D eigenvalue weighted by Crippen LogP contribution is 2.06. The maximum atomic E-state index is 2.42. The summed E-state index contributed by atoms with van der Waals surface area (Å²) < 4.78 is 0. The lowest BCUT2D eigenvalue weighted by Crippen LogP contribution is -2.18. The average Bonchev–Trinajstić information content (AvgIpc) is 1.94. The van der Waals surface area contributed by atoms with Crippen LogP contribution in [0.15, 0.2) is 0 Å². The molecule has 0 aromatic heterocycles. The van der Waals surface area contributed by atoms with E-state index in [1.807, 2.05) is 0 Å². The van der Waals surface area contributed by atoms with E-state index in [-0.39, 0.29) is 0 Å². The molecular weight excluding hydrogens is 98.1 g/mol. The highest BCUT2D eigenvalue weighted by atomic mass is 15.1. The molecule has 0 saturated carbocycles. The predicted molar refractivity (Wildman–Crippen MR) is 36.0 cm³/mol. The maximum absolute atomic E-state index is 2.42. The van der Waals surface area contributed by atoms with Gasteiger partial charge in [-0.15, -0.1) is 0 Å². The van der Waals surface area contributed by atoms with Gasteiger partial charge in [0.2, 0.25) is 0 Å². The van der Waals surface area contributed by atoms with Crippen LogP contribution in [0.25, 0.3) is 0 Å². The Morgan fingerprint density at radius 2 is 1.38 bits per heavy atom. The lowest BCUT2D eigenvalue weighted by Gasteiger charge is -2.10. The Balaban J connectivity index is 2.17. The van der Waals surface area contributed by atoms with Gasteiger partial charge in [-0.25, -0.2) is 0 Å². The first kappa shape index (κ1) is 6.09. The molecule has 0 atom stereocenters. The second-order valence-electron chi connectivity index (χ2n) is 2.72. The summed E-state index contributed by atoms with van der Waals surface area (Å²) in [7, 11) is 2.21. The van der Waals surface area contributed by atoms with Gasteiger partial charge in [0.1, 0.15) is 0 Å². The molecule has 0 radical (unpaired) electrons. The minimum absolute atomic E-state index is 1.32. The number of likely N-dealkylation sites (tertiary alicyclic amines) is 1. The van der Waals surface area contributed by atoms with E-state index in [2.05, 4.69) is 11.9 Å². The van der Waals surface area contributed by atoms with Gasteiger partial charge in [-0.3, -0.25) is 0 Å². The van der Waals surface area contributed by atoms with Crippen molar-refractivity contribution in [1.82, 2.24) is 4.90 Å². The van der Waals surface area contributed by atoms with Crippen LogP contribution in [0.1, 0.15) is 25.7 Å². The molecule has 0 bridgehead atoms. The maximum Gasteiger partial charge on any atom is -0.00218 e. The van der Waals surface area contributed by atoms with Crippen molar-refractivity contribution in [2.45, 2.75) is 25.7 Å². The van der Waals surface area contributed by atoms with Gasteiger partial charge < -0.3 is 4.90 Å². The monoisotopic (exact) mass is 113 g/mol. The van der Waals surface area contributed by atoms with E-state index in [1.54, 1.807) is 0 Å². The third kappa shape index (κ3) is 1.83. The van der Waals surface area contributed by atoms with Crippen molar-refractivity contribution in [2.24, 2.45) is 0 Å². The number of hydrogen-bond acceptors (Lipinski definition) is 1. The van der Waals surface area contributed by atoms with E-state index < -0.39 is 0 Å². The molecule has 1 aliphatic rings. The quantitative estimate of drug-likeness (QED) is 0.460. The van der Waals surface area contributed by atoms with Crippen molar-refractivity contribution in [3.63, 3.8) is 0 Å². The van der Waals surface area contributed by atoms with E-state index in [0.29, 0.717) is 0 Å². The first-order chi connectivity index (χ1) is 3.89. The first-order valence-corrected chi connectivity index (χ1v) is 3.58. The van der Waals surface area contributed by atoms with Crippen LogP contribution in [0.5, 0.6) is 0 Å². The van der Waals surface area contributed by atoms with Gasteiger partial charge in [0.05, 0.1) is 0 Å². The van der Waals surface area contributed by atoms with Crippen molar-refractivity contribution in [3.05, 3.63) is 0 Å². The van der Waals surface area contributed by atoms with Gasteiger partial charge in [-0.2, -0.15) is 0 Å². The van der Waals surface area contributed by atoms with Crippen LogP contribution >= 0.6 is 0 Å². The van der Waals surface area contributed by atoms with Crippen LogP contribution < -0.4 is 0 Å². The van der Waals surface area contributed by atoms with Crippen LogP contribution in [0.4, 0.5) is 0 Å². The smallest absolute Gasteiger partial charge is 0.00218 e. The minimum atomic E-state index is 1.32. The third-order valence-electron chi connectivity index (χ3n) is 1.83. The van der Waals surface area contributed by atoms with E-state index >= 15 is 0 Å². The Labute approximate surface area is 51.7 Å². The Hall–Kier alpha value is -0.0400. The van der Waals surface area contributed by atoms with E-state index in [9.17, 15) is 0 Å². The van der Waals surface area contributed by atoms with Crippen molar-refractivity contribution in [3.8, 4) is 0 Å². The summed E-state index contributed by atoms with van der Waals surface area (Å²) in [5, 5.41) is 0. The van der Waals surface area contributed by atoms with E-state index in [1.165, 1.54) is 38.8 Å². The van der Waals surface area contributed by atoms with Crippen LogP contribution in [-0.2, 0) is 0 Å². The molecule has 0 N–H and O–H groups in total. The summed E-state index contributed by atoms with van der Waals surface area (Å²) in [6.07, 6.45) is 5.72. The fourth-order valence-corrected chi connectivity index (χ4v) is 1.23. The largest absolute Gasteiger partial charge is 0.306 e. The fourth-order valence-electron chi connectivity index (χ4n) is 1.23. The number of rotatable bonds is 0. The second-order valence-corrected chi connectivity index (χ2v) is 2.72. The molecule has 0 amide bonds. The summed E-state index contributed by atoms with van der Waals surface area (Å²) in [6, 6.07) is 0. The standard InChI is InChI=1S/C7H15N/c1-8-6-4-2-3-5-7-8/h2-7H2,1H3. The molecule has 1 aliphatic heterocycles. The van der Waals surface area contributed by atoms with Gasteiger partial charge in [-0.05, 0) is 33.0 Å². The van der Waals surface area contributed by atoms with Gasteiger partial charge in [0.25, 0.3) is 0 Å². The molecule has 1 nitrogen and oxygen atoms in total. The zero-order valence-corrected chi connectivity index (χ0v) is 5.69. The summed E-state index contributed by atoms with van der Waals surface area (Å²) in [6.45, 7) is 2.64. The lowest BCUT2D eigenvalue weighted by molar-refractivity contribution is 0.349. The van der Waals surface area contributed by atoms with Crippen molar-refractivity contribution in [1.29, 1.82) is 0 Å². The molecule has 0 spiro atoms. The van der Waals surface area contributed by atoms with Crippen molar-refractivity contribution < 1.29 is 0 Å². The molecule has 0 aromatic carbocycles. The van der Waals surface area contributed by atoms with Crippen LogP contribution in [0.3, 0.4) is 0 Å². The Morgan fingerprint density at radius 3 is 1.88 bits per heavy atom. The zero-order valence-electron chi connectivity index (χ0n) is 5.69. The molecule has 8 heavy (non-hydrogen) atoms. The van der Waals surface area contributed by atoms with Gasteiger partial charge in [0.15, 0.2) is 0 Å². The Kier molecular flexibility index (Phi) is 2.34. The summed E-state index contributed by atoms with van der Waals surface area (Å²) in [5.74, 6) is 0. The number of hydrogen-bond donors (Lipinski definition) is 0. The highest BCUT2D eigenvalue weighted by Gasteiger charge is 2.01. The first-order valence-electron chi connectivity index (χ1n) is 3.58. The molecule has 48 valence electrons. The Bertz CT molecular complexity index is 53.4. The lowest BCUT2D eigenvalue weighted by atomic mass is 10.2. The van der Waals surface area contributed by atoms with E-state index in [0.717, 1.165) is 0 Å². The van der Waals surface area contributed by atoms with E-state index in [4.69, 9.17) is 0 Å². The predicted octanol–water partition coefficient (Wildman–Crippen LogP) is 1.49. The molecule has 0 unspecified atom stereocenters. The van der Waals surface area contributed by atoms with Crippen LogP contribution in [0.2, 0.25) is 0 Å². The summed E-state index contributed by atoms with van der Waals surface area (Å²) in [5.41, 5.74) is 0. The molecule has 1 saturated heterocycles. The van der Waals surface area contributed by atoms with Gasteiger partial charge >= 0.3 is 0 Å². The SMILES string of the molecule is CN1CCCCCC1. The molecule has 1 heterocycles. The highest BCUT2D eigenvalue weighted by molar-refractivity contribution is 4.57. The van der Waals surface area contributed by atoms with Gasteiger partial charge in [-0.1, -0.05) is 12.8 Å². The minimum Gasteiger partial charge on any atom is -0.306 e. The second kappa shape index (κ2) is 3.08. The summed E-state index contributed by atoms with van der Waals surface area (Å²) in [4.78, 5) is 2.42. The van der Waals surface area contributed by atoms with Crippen LogP contribution in [0, 0.1) is 0 Å². The fraction of sp³-hybridized carbons (Fsp3) is 1.00. The zero-order chi connectivity index (χ0) is 5.82. The summed E-state index contributed by atoms with van der Waals surface area (Å²) >= 11 is 0. The molecule has 1 heteroatoms. The number of nitrogens with zero attached hydrogens (tertiary/aromatic N) is 1. The van der Waals surface area contributed by atoms with Crippen molar-refractivity contribution in [2.75, 3.05) is 20.1 Å². The normalized spacial score (nSPS) is 25.1. The molecular formula is C7H15N. The Morgan fingerprint density at radius 1 is 0.875 bits per heavy atom. The van der Waals surface area contributed by atoms with Crippen molar-refractivity contribution >= 4 is 0 Å². The topological polar surface area (TPSA) is 3.24 Å². The van der Waals surface area contributed by atoms with Crippen LogP contribution in [-0.4, -0.2) is 25.0 Å². The van der Waals surface area contributed by atoms with Gasteiger partial charge in [0, 0.05) is 0 Å². The third-order valence-corrected chi connectivity index (χ3v) is 1.83. The molecule has 1 fully saturated rings. The molecule has 0 aromatic rings.